The third-order valence-corrected chi connectivity index (χ3v) is 3.31. The first-order valence-electron chi connectivity index (χ1n) is 6.57. The zero-order valence-electron chi connectivity index (χ0n) is 11.6. The fourth-order valence-corrected chi connectivity index (χ4v) is 1.89. The van der Waals surface area contributed by atoms with Gasteiger partial charge in [0.15, 0.2) is 0 Å². The van der Waals surface area contributed by atoms with Gasteiger partial charge < -0.3 is 10.2 Å². The van der Waals surface area contributed by atoms with Gasteiger partial charge in [0.2, 0.25) is 5.91 Å². The quantitative estimate of drug-likeness (QED) is 0.802. The van der Waals surface area contributed by atoms with Crippen LogP contribution in [0.25, 0.3) is 0 Å². The standard InChI is InChI=1S/C15H24N2O/c1-13(14-7-5-4-6-8-14)9-11-17(3)12-10-15(18)16-2/h4-8,13H,9-12H2,1-3H3,(H,16,18)/t13-/m0/s1. The molecule has 1 N–H and O–H groups in total. The Labute approximate surface area is 110 Å². The smallest absolute Gasteiger partial charge is 0.221 e. The van der Waals surface area contributed by atoms with E-state index in [4.69, 9.17) is 0 Å². The van der Waals surface area contributed by atoms with Crippen LogP contribution in [0.15, 0.2) is 30.3 Å². The molecule has 0 saturated carbocycles. The Morgan fingerprint density at radius 2 is 1.94 bits per heavy atom. The third-order valence-electron chi connectivity index (χ3n) is 3.31. The van der Waals surface area contributed by atoms with E-state index >= 15 is 0 Å². The first kappa shape index (κ1) is 14.7. The second-order valence-corrected chi connectivity index (χ2v) is 4.83. The fraction of sp³-hybridized carbons (Fsp3) is 0.533. The minimum atomic E-state index is 0.109. The summed E-state index contributed by atoms with van der Waals surface area (Å²) in [6.45, 7) is 4.09. The first-order valence-corrected chi connectivity index (χ1v) is 6.57. The molecule has 1 amide bonds. The highest BCUT2D eigenvalue weighted by Gasteiger charge is 2.07. The molecule has 1 rings (SSSR count). The molecule has 0 spiro atoms. The second kappa shape index (κ2) is 7.88. The van der Waals surface area contributed by atoms with Crippen molar-refractivity contribution in [2.75, 3.05) is 27.2 Å². The minimum Gasteiger partial charge on any atom is -0.359 e. The molecule has 0 aliphatic heterocycles. The number of hydrogen-bond donors (Lipinski definition) is 1. The van der Waals surface area contributed by atoms with E-state index in [0.717, 1.165) is 19.5 Å². The van der Waals surface area contributed by atoms with Gasteiger partial charge in [0, 0.05) is 20.0 Å². The molecule has 0 unspecified atom stereocenters. The Morgan fingerprint density at radius 3 is 2.56 bits per heavy atom. The molecule has 1 atom stereocenters. The van der Waals surface area contributed by atoms with Crippen molar-refractivity contribution < 1.29 is 4.79 Å². The molecule has 1 aromatic carbocycles. The lowest BCUT2D eigenvalue weighted by molar-refractivity contribution is -0.120. The molecule has 0 bridgehead atoms. The average molecular weight is 248 g/mol. The van der Waals surface area contributed by atoms with Crippen molar-refractivity contribution in [1.82, 2.24) is 10.2 Å². The summed E-state index contributed by atoms with van der Waals surface area (Å²) in [5.41, 5.74) is 1.39. The Morgan fingerprint density at radius 1 is 1.28 bits per heavy atom. The molecular weight excluding hydrogens is 224 g/mol. The minimum absolute atomic E-state index is 0.109. The van der Waals surface area contributed by atoms with Crippen molar-refractivity contribution in [1.29, 1.82) is 0 Å². The second-order valence-electron chi connectivity index (χ2n) is 4.83. The van der Waals surface area contributed by atoms with Crippen molar-refractivity contribution in [2.45, 2.75) is 25.7 Å². The molecule has 0 radical (unpaired) electrons. The van der Waals surface area contributed by atoms with Crippen LogP contribution in [0.2, 0.25) is 0 Å². The summed E-state index contributed by atoms with van der Waals surface area (Å²) in [5, 5.41) is 2.65. The molecule has 18 heavy (non-hydrogen) atoms. The molecule has 0 saturated heterocycles. The molecule has 0 heterocycles. The van der Waals surface area contributed by atoms with Gasteiger partial charge in [-0.05, 0) is 31.5 Å². The van der Waals surface area contributed by atoms with Crippen LogP contribution in [0.4, 0.5) is 0 Å². The summed E-state index contributed by atoms with van der Waals surface area (Å²) in [6, 6.07) is 10.6. The maximum absolute atomic E-state index is 11.1. The number of nitrogens with zero attached hydrogens (tertiary/aromatic N) is 1. The summed E-state index contributed by atoms with van der Waals surface area (Å²) < 4.78 is 0. The Balaban J connectivity index is 2.26. The lowest BCUT2D eigenvalue weighted by Crippen LogP contribution is -2.27. The maximum Gasteiger partial charge on any atom is 0.221 e. The monoisotopic (exact) mass is 248 g/mol. The van der Waals surface area contributed by atoms with E-state index in [1.165, 1.54) is 5.56 Å². The van der Waals surface area contributed by atoms with Crippen LogP contribution in [0.1, 0.15) is 31.2 Å². The highest BCUT2D eigenvalue weighted by atomic mass is 16.1. The van der Waals surface area contributed by atoms with E-state index in [9.17, 15) is 4.79 Å². The van der Waals surface area contributed by atoms with Crippen molar-refractivity contribution >= 4 is 5.91 Å². The average Bonchev–Trinajstić information content (AvgIpc) is 2.42. The molecule has 1 aromatic rings. The van der Waals surface area contributed by atoms with Gasteiger partial charge in [0.25, 0.3) is 0 Å². The van der Waals surface area contributed by atoms with Gasteiger partial charge in [-0.2, -0.15) is 0 Å². The Kier molecular flexibility index (Phi) is 6.44. The van der Waals surface area contributed by atoms with E-state index in [1.54, 1.807) is 7.05 Å². The van der Waals surface area contributed by atoms with Gasteiger partial charge in [-0.25, -0.2) is 0 Å². The van der Waals surface area contributed by atoms with Gasteiger partial charge in [0.1, 0.15) is 0 Å². The summed E-state index contributed by atoms with van der Waals surface area (Å²) in [5.74, 6) is 0.673. The molecule has 0 aliphatic rings. The van der Waals surface area contributed by atoms with Crippen molar-refractivity contribution in [3.05, 3.63) is 35.9 Å². The molecular formula is C15H24N2O. The number of rotatable bonds is 7. The topological polar surface area (TPSA) is 32.3 Å². The van der Waals surface area contributed by atoms with E-state index in [2.05, 4.69) is 48.5 Å². The van der Waals surface area contributed by atoms with Crippen molar-refractivity contribution in [2.24, 2.45) is 0 Å². The first-order chi connectivity index (χ1) is 8.63. The predicted molar refractivity (Wildman–Crippen MR) is 75.7 cm³/mol. The molecule has 3 nitrogen and oxygen atoms in total. The largest absolute Gasteiger partial charge is 0.359 e. The summed E-state index contributed by atoms with van der Waals surface area (Å²) in [6.07, 6.45) is 1.70. The number of carbonyl (C=O) groups is 1. The SMILES string of the molecule is CNC(=O)CCN(C)CC[C@H](C)c1ccccc1. The number of nitrogens with one attached hydrogen (secondary N) is 1. The zero-order valence-corrected chi connectivity index (χ0v) is 11.6. The van der Waals surface area contributed by atoms with Crippen LogP contribution in [0.5, 0.6) is 0 Å². The van der Waals surface area contributed by atoms with Crippen molar-refractivity contribution in [3.8, 4) is 0 Å². The number of hydrogen-bond acceptors (Lipinski definition) is 2. The lowest BCUT2D eigenvalue weighted by Gasteiger charge is -2.19. The molecule has 0 aromatic heterocycles. The van der Waals surface area contributed by atoms with Gasteiger partial charge in [-0.1, -0.05) is 37.3 Å². The van der Waals surface area contributed by atoms with Crippen LogP contribution in [0.3, 0.4) is 0 Å². The normalized spacial score (nSPS) is 12.4. The van der Waals surface area contributed by atoms with E-state index in [-0.39, 0.29) is 5.91 Å². The van der Waals surface area contributed by atoms with Crippen LogP contribution >= 0.6 is 0 Å². The van der Waals surface area contributed by atoms with Crippen molar-refractivity contribution in [3.63, 3.8) is 0 Å². The third kappa shape index (κ3) is 5.32. The number of carbonyl (C=O) groups excluding carboxylic acids is 1. The molecule has 0 aliphatic carbocycles. The van der Waals surface area contributed by atoms with Gasteiger partial charge in [-0.3, -0.25) is 4.79 Å². The summed E-state index contributed by atoms with van der Waals surface area (Å²) in [4.78, 5) is 13.4. The van der Waals surface area contributed by atoms with E-state index in [1.807, 2.05) is 6.07 Å². The zero-order chi connectivity index (χ0) is 13.4. The molecule has 0 fully saturated rings. The van der Waals surface area contributed by atoms with Gasteiger partial charge in [0.05, 0.1) is 0 Å². The lowest BCUT2D eigenvalue weighted by atomic mass is 9.98. The van der Waals surface area contributed by atoms with Gasteiger partial charge in [-0.15, -0.1) is 0 Å². The molecule has 3 heteroatoms. The molecule has 100 valence electrons. The number of benzene rings is 1. The highest BCUT2D eigenvalue weighted by molar-refractivity contribution is 5.75. The van der Waals surface area contributed by atoms with E-state index < -0.39 is 0 Å². The van der Waals surface area contributed by atoms with Crippen LogP contribution in [-0.2, 0) is 4.79 Å². The van der Waals surface area contributed by atoms with E-state index in [0.29, 0.717) is 12.3 Å². The van der Waals surface area contributed by atoms with Crippen LogP contribution in [0, 0.1) is 0 Å². The van der Waals surface area contributed by atoms with Gasteiger partial charge >= 0.3 is 0 Å². The van der Waals surface area contributed by atoms with Crippen LogP contribution in [-0.4, -0.2) is 38.0 Å². The Hall–Kier alpha value is -1.35. The fourth-order valence-electron chi connectivity index (χ4n) is 1.89. The summed E-state index contributed by atoms with van der Waals surface area (Å²) in [7, 11) is 3.75. The predicted octanol–water partition coefficient (Wildman–Crippen LogP) is 2.25. The van der Waals surface area contributed by atoms with Crippen LogP contribution < -0.4 is 5.32 Å². The number of amides is 1. The maximum atomic E-state index is 11.1. The highest BCUT2D eigenvalue weighted by Crippen LogP contribution is 2.18. The Bertz CT molecular complexity index is 351. The summed E-state index contributed by atoms with van der Waals surface area (Å²) >= 11 is 0.